The Kier molecular flexibility index (Phi) is 12.7. The first-order valence-electron chi connectivity index (χ1n) is 11.3. The minimum atomic E-state index is -0.393. The molecule has 0 radical (unpaired) electrons. The lowest BCUT2D eigenvalue weighted by Gasteiger charge is -2.13. The fourth-order valence-corrected chi connectivity index (χ4v) is 4.12. The maximum Gasteiger partial charge on any atom is 0.323 e. The van der Waals surface area contributed by atoms with Gasteiger partial charge in [-0.05, 0) is 91.5 Å². The summed E-state index contributed by atoms with van der Waals surface area (Å²) in [5.41, 5.74) is 1.87. The monoisotopic (exact) mass is 516 g/mol. The first kappa shape index (κ1) is 28.2. The summed E-state index contributed by atoms with van der Waals surface area (Å²) in [6, 6.07) is 20.0. The summed E-state index contributed by atoms with van der Waals surface area (Å²) in [5, 5.41) is 8.50. The standard InChI is InChI=1S/C17H18FN3OS.C7H6ClNO.C2H6/c18-13-4-3-5-15(12-13)20-17(22)19-14-6-8-16(9-7-14)23-21-10-1-2-11-21;8-6-1-3-7(4-2-6)9-5-10;1-2/h3-9,12H,1-2,10-11H2,(H2,19,20,22);1-5H,(H,9,10);1-2H3. The Balaban J connectivity index is 0.000000302. The number of nitrogens with zero attached hydrogens (tertiary/aromatic N) is 1. The lowest BCUT2D eigenvalue weighted by Crippen LogP contribution is -2.19. The van der Waals surface area contributed by atoms with E-state index in [-0.39, 0.29) is 5.82 Å². The fourth-order valence-electron chi connectivity index (χ4n) is 3.00. The summed E-state index contributed by atoms with van der Waals surface area (Å²) >= 11 is 7.34. The van der Waals surface area contributed by atoms with E-state index in [0.717, 1.165) is 23.7 Å². The molecule has 3 amide bonds. The predicted octanol–water partition coefficient (Wildman–Crippen LogP) is 7.51. The summed E-state index contributed by atoms with van der Waals surface area (Å²) in [7, 11) is 0. The Morgan fingerprint density at radius 2 is 1.51 bits per heavy atom. The SMILES string of the molecule is CC.O=C(Nc1ccc(SN2CCCC2)cc1)Nc1cccc(F)c1.O=CNc1ccc(Cl)cc1. The molecule has 0 spiro atoms. The van der Waals surface area contributed by atoms with Crippen molar-refractivity contribution in [3.63, 3.8) is 0 Å². The Morgan fingerprint density at radius 3 is 2.11 bits per heavy atom. The summed E-state index contributed by atoms with van der Waals surface area (Å²) in [4.78, 5) is 23.0. The lowest BCUT2D eigenvalue weighted by molar-refractivity contribution is -0.105. The third kappa shape index (κ3) is 10.8. The Labute approximate surface area is 215 Å². The highest BCUT2D eigenvalue weighted by Gasteiger charge is 2.12. The quantitative estimate of drug-likeness (QED) is 0.234. The van der Waals surface area contributed by atoms with E-state index in [4.69, 9.17) is 11.6 Å². The van der Waals surface area contributed by atoms with Gasteiger partial charge in [0, 0.05) is 40.1 Å². The van der Waals surface area contributed by atoms with Crippen LogP contribution in [0.2, 0.25) is 5.02 Å². The minimum Gasteiger partial charge on any atom is -0.329 e. The lowest BCUT2D eigenvalue weighted by atomic mass is 10.3. The van der Waals surface area contributed by atoms with Crippen LogP contribution in [0.15, 0.2) is 77.7 Å². The normalized spacial score (nSPS) is 12.3. The average Bonchev–Trinajstić information content (AvgIpc) is 3.37. The molecule has 0 aliphatic carbocycles. The van der Waals surface area contributed by atoms with E-state index >= 15 is 0 Å². The van der Waals surface area contributed by atoms with E-state index in [2.05, 4.69) is 20.3 Å². The molecule has 0 saturated carbocycles. The van der Waals surface area contributed by atoms with Gasteiger partial charge in [0.05, 0.1) is 0 Å². The van der Waals surface area contributed by atoms with E-state index < -0.39 is 6.03 Å². The van der Waals surface area contributed by atoms with Gasteiger partial charge >= 0.3 is 6.03 Å². The largest absolute Gasteiger partial charge is 0.329 e. The second kappa shape index (κ2) is 15.8. The zero-order chi connectivity index (χ0) is 25.5. The van der Waals surface area contributed by atoms with Crippen molar-refractivity contribution in [2.45, 2.75) is 31.6 Å². The van der Waals surface area contributed by atoms with E-state index in [0.29, 0.717) is 22.8 Å². The van der Waals surface area contributed by atoms with Crippen LogP contribution in [0.4, 0.5) is 26.2 Å². The van der Waals surface area contributed by atoms with E-state index in [1.807, 2.05) is 38.1 Å². The molecule has 6 nitrogen and oxygen atoms in total. The molecule has 1 aliphatic heterocycles. The summed E-state index contributed by atoms with van der Waals surface area (Å²) in [6.07, 6.45) is 3.14. The van der Waals surface area contributed by atoms with Gasteiger partial charge in [0.15, 0.2) is 0 Å². The van der Waals surface area contributed by atoms with Crippen LogP contribution in [0.25, 0.3) is 0 Å². The van der Waals surface area contributed by atoms with Crippen molar-refractivity contribution in [3.8, 4) is 0 Å². The number of hydrogen-bond acceptors (Lipinski definition) is 4. The molecule has 0 unspecified atom stereocenters. The second-order valence-corrected chi connectivity index (χ2v) is 8.72. The highest BCUT2D eigenvalue weighted by molar-refractivity contribution is 7.97. The van der Waals surface area contributed by atoms with Gasteiger partial charge in [-0.3, -0.25) is 4.79 Å². The van der Waals surface area contributed by atoms with Crippen LogP contribution in [0.5, 0.6) is 0 Å². The number of carbonyl (C=O) groups is 2. The van der Waals surface area contributed by atoms with Crippen molar-refractivity contribution < 1.29 is 14.0 Å². The molecule has 0 atom stereocenters. The Morgan fingerprint density at radius 1 is 0.914 bits per heavy atom. The van der Waals surface area contributed by atoms with Crippen LogP contribution in [-0.4, -0.2) is 29.8 Å². The van der Waals surface area contributed by atoms with Crippen molar-refractivity contribution in [1.29, 1.82) is 0 Å². The number of urea groups is 1. The first-order valence-corrected chi connectivity index (χ1v) is 12.5. The smallest absolute Gasteiger partial charge is 0.323 e. The van der Waals surface area contributed by atoms with Crippen LogP contribution in [-0.2, 0) is 4.79 Å². The van der Waals surface area contributed by atoms with Gasteiger partial charge in [0.2, 0.25) is 6.41 Å². The molecule has 1 heterocycles. The minimum absolute atomic E-state index is 0.383. The summed E-state index contributed by atoms with van der Waals surface area (Å²) in [5.74, 6) is -0.383. The zero-order valence-corrected chi connectivity index (χ0v) is 21.3. The molecule has 1 aliphatic rings. The van der Waals surface area contributed by atoms with E-state index in [1.54, 1.807) is 48.3 Å². The van der Waals surface area contributed by atoms with Gasteiger partial charge in [0.25, 0.3) is 0 Å². The fraction of sp³-hybridized carbons (Fsp3) is 0.231. The van der Waals surface area contributed by atoms with Crippen LogP contribution < -0.4 is 16.0 Å². The Bertz CT molecular complexity index is 1050. The molecule has 186 valence electrons. The predicted molar refractivity (Wildman–Crippen MR) is 145 cm³/mol. The number of nitrogens with one attached hydrogen (secondary N) is 3. The molecule has 35 heavy (non-hydrogen) atoms. The number of halogens is 2. The van der Waals surface area contributed by atoms with Crippen LogP contribution >= 0.6 is 23.5 Å². The molecule has 3 aromatic rings. The van der Waals surface area contributed by atoms with Crippen molar-refractivity contribution >= 4 is 53.1 Å². The maximum absolute atomic E-state index is 13.1. The van der Waals surface area contributed by atoms with Gasteiger partial charge in [-0.1, -0.05) is 31.5 Å². The molecular weight excluding hydrogens is 487 g/mol. The molecule has 1 fully saturated rings. The molecule has 0 aromatic heterocycles. The third-order valence-electron chi connectivity index (χ3n) is 4.56. The molecule has 4 rings (SSSR count). The van der Waals surface area contributed by atoms with Gasteiger partial charge in [0.1, 0.15) is 5.82 Å². The maximum atomic E-state index is 13.1. The number of benzene rings is 3. The topological polar surface area (TPSA) is 73.5 Å². The number of anilines is 3. The highest BCUT2D eigenvalue weighted by Crippen LogP contribution is 2.27. The molecule has 1 saturated heterocycles. The first-order chi connectivity index (χ1) is 17.0. The second-order valence-electron chi connectivity index (χ2n) is 7.11. The average molecular weight is 517 g/mol. The highest BCUT2D eigenvalue weighted by atomic mass is 35.5. The molecule has 9 heteroatoms. The van der Waals surface area contributed by atoms with Crippen molar-refractivity contribution in [2.75, 3.05) is 29.0 Å². The van der Waals surface area contributed by atoms with Crippen LogP contribution in [0.1, 0.15) is 26.7 Å². The van der Waals surface area contributed by atoms with Crippen LogP contribution in [0.3, 0.4) is 0 Å². The van der Waals surface area contributed by atoms with Crippen molar-refractivity contribution in [3.05, 3.63) is 83.6 Å². The number of amides is 3. The molecule has 3 N–H and O–H groups in total. The Hall–Kier alpha value is -3.07. The molecular formula is C26H30ClFN4O2S. The van der Waals surface area contributed by atoms with Gasteiger partial charge < -0.3 is 16.0 Å². The summed E-state index contributed by atoms with van der Waals surface area (Å²) < 4.78 is 15.4. The van der Waals surface area contributed by atoms with Crippen LogP contribution in [0, 0.1) is 5.82 Å². The number of rotatable bonds is 6. The van der Waals surface area contributed by atoms with Gasteiger partial charge in [-0.25, -0.2) is 13.5 Å². The third-order valence-corrected chi connectivity index (χ3v) is 5.92. The summed E-state index contributed by atoms with van der Waals surface area (Å²) in [6.45, 7) is 6.25. The van der Waals surface area contributed by atoms with E-state index in [9.17, 15) is 14.0 Å². The van der Waals surface area contributed by atoms with Gasteiger partial charge in [-0.15, -0.1) is 0 Å². The van der Waals surface area contributed by atoms with Gasteiger partial charge in [-0.2, -0.15) is 0 Å². The molecule has 0 bridgehead atoms. The van der Waals surface area contributed by atoms with E-state index in [1.165, 1.54) is 25.0 Å². The van der Waals surface area contributed by atoms with Crippen molar-refractivity contribution in [1.82, 2.24) is 4.31 Å². The number of carbonyl (C=O) groups excluding carboxylic acids is 2. The van der Waals surface area contributed by atoms with Crippen molar-refractivity contribution in [2.24, 2.45) is 0 Å². The molecule has 3 aromatic carbocycles. The number of hydrogen-bond donors (Lipinski definition) is 3. The zero-order valence-electron chi connectivity index (χ0n) is 19.8.